The SMILES string of the molecule is Cc1nnc2n1CCN(S(=O)(=O)c1ccc(Cl)s1)C2. The Kier molecular flexibility index (Phi) is 3.12. The molecule has 2 aromatic rings. The van der Waals surface area contributed by atoms with Gasteiger partial charge in [0, 0.05) is 13.1 Å². The summed E-state index contributed by atoms with van der Waals surface area (Å²) < 4.78 is 29.0. The van der Waals surface area contributed by atoms with Crippen LogP contribution in [0.5, 0.6) is 0 Å². The Labute approximate surface area is 119 Å². The fraction of sp³-hybridized carbons (Fsp3) is 0.400. The first-order valence-electron chi connectivity index (χ1n) is 5.62. The highest BCUT2D eigenvalue weighted by atomic mass is 35.5. The smallest absolute Gasteiger partial charge is 0.253 e. The Morgan fingerprint density at radius 1 is 1.32 bits per heavy atom. The van der Waals surface area contributed by atoms with Crippen LogP contribution in [0.25, 0.3) is 0 Å². The fourth-order valence-corrected chi connectivity index (χ4v) is 5.07. The topological polar surface area (TPSA) is 68.1 Å². The van der Waals surface area contributed by atoms with Crippen molar-refractivity contribution in [3.63, 3.8) is 0 Å². The van der Waals surface area contributed by atoms with Crippen molar-refractivity contribution in [2.75, 3.05) is 6.54 Å². The number of aromatic nitrogens is 3. The minimum Gasteiger partial charge on any atom is -0.313 e. The van der Waals surface area contributed by atoms with Crippen LogP contribution in [0.4, 0.5) is 0 Å². The zero-order chi connectivity index (χ0) is 13.6. The molecule has 3 rings (SSSR count). The van der Waals surface area contributed by atoms with Crippen molar-refractivity contribution >= 4 is 33.0 Å². The first kappa shape index (κ1) is 13.0. The largest absolute Gasteiger partial charge is 0.313 e. The summed E-state index contributed by atoms with van der Waals surface area (Å²) in [6.07, 6.45) is 0. The molecule has 2 aromatic heterocycles. The van der Waals surface area contributed by atoms with Gasteiger partial charge in [0.05, 0.1) is 10.9 Å². The maximum Gasteiger partial charge on any atom is 0.253 e. The van der Waals surface area contributed by atoms with Gasteiger partial charge >= 0.3 is 0 Å². The standard InChI is InChI=1S/C10H11ClN4O2S2/c1-7-12-13-9-6-14(4-5-15(7)9)19(16,17)10-3-2-8(11)18-10/h2-3H,4-6H2,1H3. The molecule has 0 saturated carbocycles. The van der Waals surface area contributed by atoms with E-state index in [1.165, 1.54) is 10.4 Å². The first-order valence-corrected chi connectivity index (χ1v) is 8.26. The molecule has 0 saturated heterocycles. The van der Waals surface area contributed by atoms with Crippen LogP contribution >= 0.6 is 22.9 Å². The van der Waals surface area contributed by atoms with Gasteiger partial charge in [0.25, 0.3) is 10.0 Å². The normalized spacial score (nSPS) is 16.5. The van der Waals surface area contributed by atoms with Gasteiger partial charge in [0.1, 0.15) is 15.9 Å². The molecule has 0 unspecified atom stereocenters. The van der Waals surface area contributed by atoms with E-state index in [4.69, 9.17) is 11.6 Å². The minimum atomic E-state index is -3.49. The van der Waals surface area contributed by atoms with Crippen LogP contribution in [0.2, 0.25) is 4.34 Å². The van der Waals surface area contributed by atoms with Gasteiger partial charge in [0.15, 0.2) is 0 Å². The van der Waals surface area contributed by atoms with Gasteiger partial charge in [-0.05, 0) is 19.1 Å². The van der Waals surface area contributed by atoms with Crippen LogP contribution in [0.15, 0.2) is 16.3 Å². The quantitative estimate of drug-likeness (QED) is 0.841. The molecule has 0 amide bonds. The molecule has 0 bridgehead atoms. The molecule has 6 nitrogen and oxygen atoms in total. The van der Waals surface area contributed by atoms with E-state index in [0.29, 0.717) is 23.3 Å². The summed E-state index contributed by atoms with van der Waals surface area (Å²) in [6, 6.07) is 3.13. The summed E-state index contributed by atoms with van der Waals surface area (Å²) in [7, 11) is -3.49. The number of rotatable bonds is 2. The molecule has 19 heavy (non-hydrogen) atoms. The van der Waals surface area contributed by atoms with Gasteiger partial charge < -0.3 is 4.57 Å². The number of halogens is 1. The molecule has 1 aliphatic rings. The molecule has 0 spiro atoms. The van der Waals surface area contributed by atoms with Crippen molar-refractivity contribution in [1.29, 1.82) is 0 Å². The molecule has 102 valence electrons. The van der Waals surface area contributed by atoms with Crippen LogP contribution < -0.4 is 0 Å². The highest BCUT2D eigenvalue weighted by molar-refractivity contribution is 7.91. The van der Waals surface area contributed by atoms with Crippen LogP contribution in [-0.4, -0.2) is 34.0 Å². The van der Waals surface area contributed by atoms with Gasteiger partial charge in [-0.25, -0.2) is 8.42 Å². The zero-order valence-electron chi connectivity index (χ0n) is 10.1. The van der Waals surface area contributed by atoms with E-state index in [1.54, 1.807) is 6.07 Å². The molecule has 0 radical (unpaired) electrons. The summed E-state index contributed by atoms with van der Waals surface area (Å²) in [5.41, 5.74) is 0. The second-order valence-electron chi connectivity index (χ2n) is 4.21. The van der Waals surface area contributed by atoms with Crippen molar-refractivity contribution in [3.8, 4) is 0 Å². The molecular formula is C10H11ClN4O2S2. The van der Waals surface area contributed by atoms with Gasteiger partial charge in [-0.15, -0.1) is 21.5 Å². The number of nitrogens with zero attached hydrogens (tertiary/aromatic N) is 4. The third-order valence-corrected chi connectivity index (χ3v) is 6.59. The number of fused-ring (bicyclic) bond motifs is 1. The van der Waals surface area contributed by atoms with Crippen LogP contribution in [0.3, 0.4) is 0 Å². The third kappa shape index (κ3) is 2.18. The average Bonchev–Trinajstić information content (AvgIpc) is 2.96. The third-order valence-electron chi connectivity index (χ3n) is 3.05. The molecule has 1 aliphatic heterocycles. The molecule has 0 fully saturated rings. The lowest BCUT2D eigenvalue weighted by atomic mass is 10.4. The first-order chi connectivity index (χ1) is 8.98. The lowest BCUT2D eigenvalue weighted by Crippen LogP contribution is -2.38. The summed E-state index contributed by atoms with van der Waals surface area (Å²) in [5.74, 6) is 1.49. The molecule has 3 heterocycles. The Morgan fingerprint density at radius 3 is 2.79 bits per heavy atom. The second kappa shape index (κ2) is 4.55. The molecule has 9 heteroatoms. The van der Waals surface area contributed by atoms with E-state index in [-0.39, 0.29) is 10.8 Å². The van der Waals surface area contributed by atoms with Gasteiger partial charge in [-0.2, -0.15) is 4.31 Å². The monoisotopic (exact) mass is 318 g/mol. The number of sulfonamides is 1. The minimum absolute atomic E-state index is 0.249. The van der Waals surface area contributed by atoms with Crippen LogP contribution in [0.1, 0.15) is 11.6 Å². The fourth-order valence-electron chi connectivity index (χ4n) is 2.05. The zero-order valence-corrected chi connectivity index (χ0v) is 12.5. The average molecular weight is 319 g/mol. The van der Waals surface area contributed by atoms with E-state index in [1.807, 2.05) is 11.5 Å². The van der Waals surface area contributed by atoms with Gasteiger partial charge in [-0.3, -0.25) is 0 Å². The highest BCUT2D eigenvalue weighted by Crippen LogP contribution is 2.29. The van der Waals surface area contributed by atoms with Crippen LogP contribution in [0, 0.1) is 6.92 Å². The molecule has 0 N–H and O–H groups in total. The van der Waals surface area contributed by atoms with Crippen molar-refractivity contribution in [2.45, 2.75) is 24.2 Å². The van der Waals surface area contributed by atoms with Gasteiger partial charge in [0.2, 0.25) is 0 Å². The Balaban J connectivity index is 1.92. The van der Waals surface area contributed by atoms with Crippen molar-refractivity contribution in [3.05, 3.63) is 28.1 Å². The number of aryl methyl sites for hydroxylation is 1. The summed E-state index contributed by atoms with van der Waals surface area (Å²) in [6.45, 7) is 3.11. The summed E-state index contributed by atoms with van der Waals surface area (Å²) in [5, 5.41) is 7.97. The summed E-state index contributed by atoms with van der Waals surface area (Å²) in [4.78, 5) is 0. The Morgan fingerprint density at radius 2 is 2.11 bits per heavy atom. The van der Waals surface area contributed by atoms with Crippen molar-refractivity contribution in [2.24, 2.45) is 0 Å². The molecule has 0 aliphatic carbocycles. The number of thiophene rings is 1. The van der Waals surface area contributed by atoms with E-state index in [9.17, 15) is 8.42 Å². The van der Waals surface area contributed by atoms with E-state index >= 15 is 0 Å². The number of hydrogen-bond donors (Lipinski definition) is 0. The van der Waals surface area contributed by atoms with Crippen molar-refractivity contribution in [1.82, 2.24) is 19.1 Å². The van der Waals surface area contributed by atoms with Gasteiger partial charge in [-0.1, -0.05) is 11.6 Å². The predicted octanol–water partition coefficient (Wildman–Crippen LogP) is 1.51. The van der Waals surface area contributed by atoms with Crippen LogP contribution in [-0.2, 0) is 23.1 Å². The van der Waals surface area contributed by atoms with Crippen molar-refractivity contribution < 1.29 is 8.42 Å². The highest BCUT2D eigenvalue weighted by Gasteiger charge is 2.31. The lowest BCUT2D eigenvalue weighted by Gasteiger charge is -2.26. The molecule has 0 aromatic carbocycles. The second-order valence-corrected chi connectivity index (χ2v) is 8.09. The maximum absolute atomic E-state index is 12.4. The Hall–Kier alpha value is -0.960. The van der Waals surface area contributed by atoms with E-state index in [0.717, 1.165) is 17.2 Å². The number of hydrogen-bond acceptors (Lipinski definition) is 5. The predicted molar refractivity (Wildman–Crippen MR) is 71.7 cm³/mol. The lowest BCUT2D eigenvalue weighted by molar-refractivity contribution is 0.334. The van der Waals surface area contributed by atoms with E-state index in [2.05, 4.69) is 10.2 Å². The maximum atomic E-state index is 12.4. The van der Waals surface area contributed by atoms with E-state index < -0.39 is 10.0 Å². The molecular weight excluding hydrogens is 308 g/mol. The Bertz CT molecular complexity index is 722. The molecule has 0 atom stereocenters. The summed E-state index contributed by atoms with van der Waals surface area (Å²) >= 11 is 6.87.